The monoisotopic (exact) mass is 201 g/mol. The van der Waals surface area contributed by atoms with Crippen LogP contribution < -0.4 is 0 Å². The lowest BCUT2D eigenvalue weighted by Gasteiger charge is -1.98. The van der Waals surface area contributed by atoms with Crippen LogP contribution in [0.1, 0.15) is 40.0 Å². The molecule has 0 aliphatic rings. The molecule has 0 fully saturated rings. The molecule has 0 aromatic heterocycles. The fourth-order valence-corrected chi connectivity index (χ4v) is 1.08. The molecule has 0 saturated carbocycles. The van der Waals surface area contributed by atoms with Crippen LogP contribution in [0.25, 0.3) is 0 Å². The van der Waals surface area contributed by atoms with Gasteiger partial charge < -0.3 is 0 Å². The van der Waals surface area contributed by atoms with Crippen LogP contribution in [0.5, 0.6) is 0 Å². The zero-order chi connectivity index (χ0) is 10.3. The van der Waals surface area contributed by atoms with E-state index in [1.165, 1.54) is 6.92 Å². The molecular weight excluding hydrogens is 186 g/mol. The number of carbonyl (C=O) groups is 1. The summed E-state index contributed by atoms with van der Waals surface area (Å²) in [5.41, 5.74) is 0.445. The number of rotatable bonds is 5. The lowest BCUT2D eigenvalue weighted by atomic mass is 10.2. The Morgan fingerprint density at radius 1 is 1.54 bits per heavy atom. The van der Waals surface area contributed by atoms with E-state index in [0.29, 0.717) is 10.9 Å². The zero-order valence-corrected chi connectivity index (χ0v) is 9.19. The molecule has 0 radical (unpaired) electrons. The van der Waals surface area contributed by atoms with Gasteiger partial charge >= 0.3 is 0 Å². The number of halogens is 1. The van der Waals surface area contributed by atoms with Crippen LogP contribution in [-0.2, 0) is 4.79 Å². The van der Waals surface area contributed by atoms with Gasteiger partial charge in [0.1, 0.15) is 10.9 Å². The molecule has 0 aliphatic heterocycles. The van der Waals surface area contributed by atoms with E-state index in [1.807, 2.05) is 0 Å². The molecular formula is C10H16ClNO. The van der Waals surface area contributed by atoms with E-state index in [2.05, 4.69) is 11.9 Å². The Morgan fingerprint density at radius 2 is 2.15 bits per heavy atom. The second kappa shape index (κ2) is 6.84. The van der Waals surface area contributed by atoms with E-state index < -0.39 is 0 Å². The lowest BCUT2D eigenvalue weighted by molar-refractivity contribution is -0.113. The third-order valence-corrected chi connectivity index (χ3v) is 1.89. The van der Waals surface area contributed by atoms with Crippen molar-refractivity contribution < 1.29 is 4.79 Å². The number of unbranched alkanes of at least 4 members (excludes halogenated alkanes) is 1. The molecule has 0 atom stereocenters. The second-order valence-corrected chi connectivity index (χ2v) is 3.26. The Morgan fingerprint density at radius 3 is 2.54 bits per heavy atom. The summed E-state index contributed by atoms with van der Waals surface area (Å²) < 4.78 is 0. The van der Waals surface area contributed by atoms with Crippen LogP contribution in [0.15, 0.2) is 16.8 Å². The van der Waals surface area contributed by atoms with Gasteiger partial charge in [-0.1, -0.05) is 31.0 Å². The van der Waals surface area contributed by atoms with E-state index in [1.54, 1.807) is 13.0 Å². The van der Waals surface area contributed by atoms with Crippen molar-refractivity contribution in [3.63, 3.8) is 0 Å². The first-order valence-electron chi connectivity index (χ1n) is 4.52. The Bertz CT molecular complexity index is 231. The summed E-state index contributed by atoms with van der Waals surface area (Å²) in [5, 5.41) is 0.519. The van der Waals surface area contributed by atoms with Crippen LogP contribution in [0.3, 0.4) is 0 Å². The van der Waals surface area contributed by atoms with Crippen LogP contribution in [0.4, 0.5) is 0 Å². The summed E-state index contributed by atoms with van der Waals surface area (Å²) in [4.78, 5) is 15.0. The highest BCUT2D eigenvalue weighted by atomic mass is 35.5. The van der Waals surface area contributed by atoms with Crippen molar-refractivity contribution >= 4 is 22.6 Å². The van der Waals surface area contributed by atoms with Gasteiger partial charge in [-0.25, -0.2) is 4.99 Å². The van der Waals surface area contributed by atoms with Crippen LogP contribution in [0.2, 0.25) is 0 Å². The van der Waals surface area contributed by atoms with Gasteiger partial charge in [-0.3, -0.25) is 4.79 Å². The Labute approximate surface area is 84.7 Å². The quantitative estimate of drug-likeness (QED) is 0.496. The summed E-state index contributed by atoms with van der Waals surface area (Å²) in [6, 6.07) is 0. The van der Waals surface area contributed by atoms with Gasteiger partial charge in [-0.05, 0) is 13.3 Å². The van der Waals surface area contributed by atoms with Gasteiger partial charge in [0.05, 0.1) is 0 Å². The van der Waals surface area contributed by atoms with Crippen LogP contribution in [0, 0.1) is 0 Å². The molecule has 0 heterocycles. The summed E-state index contributed by atoms with van der Waals surface area (Å²) in [7, 11) is 0. The number of aliphatic imine (C=N–C) groups is 1. The molecule has 0 rings (SSSR count). The molecule has 0 spiro atoms. The van der Waals surface area contributed by atoms with Gasteiger partial charge in [0.2, 0.25) is 0 Å². The van der Waals surface area contributed by atoms with Gasteiger partial charge in [0.15, 0.2) is 5.78 Å². The SMILES string of the molecule is C/C=C(\N=C(Cl)CCCC)C(C)=O. The smallest absolute Gasteiger partial charge is 0.177 e. The molecule has 74 valence electrons. The molecule has 0 aromatic rings. The van der Waals surface area contributed by atoms with Crippen LogP contribution in [-0.4, -0.2) is 11.0 Å². The van der Waals surface area contributed by atoms with Crippen molar-refractivity contribution in [2.75, 3.05) is 0 Å². The fraction of sp³-hybridized carbons (Fsp3) is 0.600. The van der Waals surface area contributed by atoms with Crippen molar-refractivity contribution in [2.45, 2.75) is 40.0 Å². The molecule has 2 nitrogen and oxygen atoms in total. The maximum atomic E-state index is 11.0. The topological polar surface area (TPSA) is 29.4 Å². The zero-order valence-electron chi connectivity index (χ0n) is 8.43. The number of carbonyl (C=O) groups excluding carboxylic acids is 1. The van der Waals surface area contributed by atoms with E-state index in [4.69, 9.17) is 11.6 Å². The Balaban J connectivity index is 4.26. The number of allylic oxidation sites excluding steroid dienone is 2. The number of nitrogens with zero attached hydrogens (tertiary/aromatic N) is 1. The number of Topliss-reactive ketones (excluding diaryl/α,β-unsaturated/α-hetero) is 1. The summed E-state index contributed by atoms with van der Waals surface area (Å²) in [5.74, 6) is -0.0443. The third kappa shape index (κ3) is 5.58. The van der Waals surface area contributed by atoms with Crippen molar-refractivity contribution in [3.05, 3.63) is 11.8 Å². The number of hydrogen-bond acceptors (Lipinski definition) is 2. The number of ketones is 1. The van der Waals surface area contributed by atoms with E-state index in [0.717, 1.165) is 19.3 Å². The number of hydrogen-bond donors (Lipinski definition) is 0. The van der Waals surface area contributed by atoms with Crippen molar-refractivity contribution in [2.24, 2.45) is 4.99 Å². The predicted octanol–water partition coefficient (Wildman–Crippen LogP) is 3.31. The third-order valence-electron chi connectivity index (χ3n) is 1.61. The first-order chi connectivity index (χ1) is 6.11. The average Bonchev–Trinajstić information content (AvgIpc) is 2.10. The molecule has 0 N–H and O–H groups in total. The highest BCUT2D eigenvalue weighted by Gasteiger charge is 2.01. The Kier molecular flexibility index (Phi) is 6.51. The molecule has 0 bridgehead atoms. The molecule has 0 saturated heterocycles. The molecule has 0 unspecified atom stereocenters. The largest absolute Gasteiger partial charge is 0.293 e. The average molecular weight is 202 g/mol. The van der Waals surface area contributed by atoms with Crippen molar-refractivity contribution in [3.8, 4) is 0 Å². The highest BCUT2D eigenvalue weighted by molar-refractivity contribution is 6.65. The summed E-state index contributed by atoms with van der Waals surface area (Å²) in [6.45, 7) is 5.36. The van der Waals surface area contributed by atoms with E-state index >= 15 is 0 Å². The molecule has 0 amide bonds. The van der Waals surface area contributed by atoms with Gasteiger partial charge in [0.25, 0.3) is 0 Å². The molecule has 13 heavy (non-hydrogen) atoms. The molecule has 3 heteroatoms. The normalized spacial score (nSPS) is 13.2. The minimum absolute atomic E-state index is 0.0443. The molecule has 0 aliphatic carbocycles. The van der Waals surface area contributed by atoms with E-state index in [-0.39, 0.29) is 5.78 Å². The maximum absolute atomic E-state index is 11.0. The standard InChI is InChI=1S/C10H16ClNO/c1-4-6-7-10(11)12-9(5-2)8(3)13/h5H,4,6-7H2,1-3H3/b9-5-,12-10?. The first-order valence-corrected chi connectivity index (χ1v) is 4.89. The Hall–Kier alpha value is -0.630. The maximum Gasteiger partial charge on any atom is 0.177 e. The van der Waals surface area contributed by atoms with Crippen molar-refractivity contribution in [1.29, 1.82) is 0 Å². The van der Waals surface area contributed by atoms with Gasteiger partial charge in [-0.2, -0.15) is 0 Å². The fourth-order valence-electron chi connectivity index (χ4n) is 0.856. The van der Waals surface area contributed by atoms with Crippen LogP contribution >= 0.6 is 11.6 Å². The first kappa shape index (κ1) is 12.4. The minimum Gasteiger partial charge on any atom is -0.293 e. The summed E-state index contributed by atoms with van der Waals surface area (Å²) >= 11 is 5.83. The predicted molar refractivity (Wildman–Crippen MR) is 57.3 cm³/mol. The highest BCUT2D eigenvalue weighted by Crippen LogP contribution is 2.06. The van der Waals surface area contributed by atoms with E-state index in [9.17, 15) is 4.79 Å². The second-order valence-electron chi connectivity index (χ2n) is 2.82. The van der Waals surface area contributed by atoms with Crippen molar-refractivity contribution in [1.82, 2.24) is 0 Å². The minimum atomic E-state index is -0.0443. The lowest BCUT2D eigenvalue weighted by Crippen LogP contribution is -1.96. The van der Waals surface area contributed by atoms with Gasteiger partial charge in [0, 0.05) is 13.3 Å². The van der Waals surface area contributed by atoms with Gasteiger partial charge in [-0.15, -0.1) is 0 Å². The summed E-state index contributed by atoms with van der Waals surface area (Å²) in [6.07, 6.45) is 4.52. The molecule has 0 aromatic carbocycles.